The molecular formula is C19H26N4O5. The first-order chi connectivity index (χ1) is 13.4. The Kier molecular flexibility index (Phi) is 5.87. The van der Waals surface area contributed by atoms with Crippen molar-refractivity contribution in [2.75, 3.05) is 13.2 Å². The van der Waals surface area contributed by atoms with Gasteiger partial charge in [-0.2, -0.15) is 5.26 Å². The summed E-state index contributed by atoms with van der Waals surface area (Å²) in [6, 6.07) is 1.74. The van der Waals surface area contributed by atoms with Gasteiger partial charge in [0.2, 0.25) is 0 Å². The summed E-state index contributed by atoms with van der Waals surface area (Å²) in [4.78, 5) is 49.5. The number of amides is 4. The fraction of sp³-hybridized carbons (Fsp3) is 0.737. The maximum atomic E-state index is 12.5. The van der Waals surface area contributed by atoms with Gasteiger partial charge in [-0.05, 0) is 44.9 Å². The molecule has 9 nitrogen and oxygen atoms in total. The van der Waals surface area contributed by atoms with Crippen LogP contribution in [0.1, 0.15) is 64.2 Å². The molecule has 1 aliphatic heterocycles. The zero-order valence-corrected chi connectivity index (χ0v) is 15.9. The summed E-state index contributed by atoms with van der Waals surface area (Å²) in [5.74, 6) is -1.27. The third-order valence-corrected chi connectivity index (χ3v) is 5.88. The van der Waals surface area contributed by atoms with Crippen LogP contribution in [0.25, 0.3) is 0 Å². The lowest BCUT2D eigenvalue weighted by Crippen LogP contribution is -2.46. The topological polar surface area (TPSA) is 129 Å². The second-order valence-electron chi connectivity index (χ2n) is 7.89. The Morgan fingerprint density at radius 1 is 1.14 bits per heavy atom. The van der Waals surface area contributed by atoms with Crippen LogP contribution >= 0.6 is 0 Å². The fourth-order valence-electron chi connectivity index (χ4n) is 4.34. The van der Waals surface area contributed by atoms with Gasteiger partial charge in [0.25, 0.3) is 11.8 Å². The Hall–Kier alpha value is -2.63. The first kappa shape index (κ1) is 20.1. The molecule has 3 fully saturated rings. The molecule has 0 aromatic carbocycles. The quantitative estimate of drug-likeness (QED) is 0.495. The van der Waals surface area contributed by atoms with E-state index in [1.165, 1.54) is 4.90 Å². The van der Waals surface area contributed by atoms with E-state index in [4.69, 9.17) is 4.74 Å². The van der Waals surface area contributed by atoms with E-state index in [0.717, 1.165) is 25.7 Å². The van der Waals surface area contributed by atoms with E-state index in [1.54, 1.807) is 0 Å². The normalized spacial score (nSPS) is 22.2. The van der Waals surface area contributed by atoms with Crippen LogP contribution in [0.5, 0.6) is 0 Å². The molecular weight excluding hydrogens is 364 g/mol. The molecule has 1 heterocycles. The Morgan fingerprint density at radius 3 is 2.43 bits per heavy atom. The van der Waals surface area contributed by atoms with Gasteiger partial charge >= 0.3 is 12.0 Å². The summed E-state index contributed by atoms with van der Waals surface area (Å²) in [5, 5.41) is 14.7. The minimum atomic E-state index is -0.844. The Bertz CT molecular complexity index is 702. The van der Waals surface area contributed by atoms with Crippen LogP contribution in [0.3, 0.4) is 0 Å². The van der Waals surface area contributed by atoms with E-state index >= 15 is 0 Å². The highest BCUT2D eigenvalue weighted by molar-refractivity contribution is 6.07. The first-order valence-electron chi connectivity index (χ1n) is 9.92. The van der Waals surface area contributed by atoms with Gasteiger partial charge in [-0.25, -0.2) is 4.79 Å². The predicted octanol–water partition coefficient (Wildman–Crippen LogP) is 1.13. The van der Waals surface area contributed by atoms with Crippen molar-refractivity contribution >= 4 is 23.8 Å². The molecule has 1 spiro atoms. The van der Waals surface area contributed by atoms with Gasteiger partial charge in [0, 0.05) is 13.0 Å². The minimum Gasteiger partial charge on any atom is -0.456 e. The lowest BCUT2D eigenvalue weighted by molar-refractivity contribution is -0.149. The molecule has 4 amide bonds. The van der Waals surface area contributed by atoms with Gasteiger partial charge < -0.3 is 15.4 Å². The number of nitrogens with zero attached hydrogens (tertiary/aromatic N) is 2. The number of rotatable bonds is 7. The summed E-state index contributed by atoms with van der Waals surface area (Å²) in [7, 11) is 0. The molecule has 0 aromatic heterocycles. The molecule has 0 atom stereocenters. The Labute approximate surface area is 163 Å². The number of esters is 1. The monoisotopic (exact) mass is 390 g/mol. The number of nitriles is 1. The summed E-state index contributed by atoms with van der Waals surface area (Å²) in [6.45, 7) is -0.292. The molecule has 2 N–H and O–H groups in total. The minimum absolute atomic E-state index is 0.000727. The van der Waals surface area contributed by atoms with E-state index in [1.807, 2.05) is 0 Å². The standard InChI is InChI=1S/C19H26N4O5/c20-13-18(7-1-2-8-18)21-14(24)12-28-15(25)6-5-11-23-16(26)19(22-17(23)27)9-3-4-10-19/h1-12H2,(H,21,24)(H,22,27). The average molecular weight is 390 g/mol. The van der Waals surface area contributed by atoms with Crippen LogP contribution in [0, 0.1) is 11.3 Å². The number of carbonyl (C=O) groups is 4. The lowest BCUT2D eigenvalue weighted by atomic mass is 9.98. The molecule has 1 saturated heterocycles. The Balaban J connectivity index is 1.37. The molecule has 0 aromatic rings. The van der Waals surface area contributed by atoms with E-state index in [9.17, 15) is 24.4 Å². The van der Waals surface area contributed by atoms with Crippen molar-refractivity contribution in [2.45, 2.75) is 75.3 Å². The van der Waals surface area contributed by atoms with Gasteiger partial charge in [-0.15, -0.1) is 0 Å². The van der Waals surface area contributed by atoms with Crippen LogP contribution in [0.15, 0.2) is 0 Å². The van der Waals surface area contributed by atoms with E-state index < -0.39 is 35.6 Å². The Morgan fingerprint density at radius 2 is 1.79 bits per heavy atom. The molecule has 0 radical (unpaired) electrons. The number of hydrogen-bond acceptors (Lipinski definition) is 6. The second-order valence-corrected chi connectivity index (χ2v) is 7.89. The van der Waals surface area contributed by atoms with Crippen molar-refractivity contribution in [2.24, 2.45) is 0 Å². The van der Waals surface area contributed by atoms with Crippen LogP contribution < -0.4 is 10.6 Å². The zero-order chi connectivity index (χ0) is 20.2. The predicted molar refractivity (Wildman–Crippen MR) is 96.6 cm³/mol. The maximum absolute atomic E-state index is 12.5. The molecule has 9 heteroatoms. The average Bonchev–Trinajstić information content (AvgIpc) is 3.38. The number of urea groups is 1. The number of hydrogen-bond donors (Lipinski definition) is 2. The third-order valence-electron chi connectivity index (χ3n) is 5.88. The number of carbonyl (C=O) groups excluding carboxylic acids is 4. The lowest BCUT2D eigenvalue weighted by Gasteiger charge is -2.21. The largest absolute Gasteiger partial charge is 0.456 e. The molecule has 0 unspecified atom stereocenters. The van der Waals surface area contributed by atoms with Crippen LogP contribution in [-0.4, -0.2) is 52.9 Å². The number of ether oxygens (including phenoxy) is 1. The highest BCUT2D eigenvalue weighted by Gasteiger charge is 2.52. The van der Waals surface area contributed by atoms with Crippen LogP contribution in [0.4, 0.5) is 4.79 Å². The van der Waals surface area contributed by atoms with Crippen LogP contribution in [-0.2, 0) is 19.1 Å². The van der Waals surface area contributed by atoms with Crippen LogP contribution in [0.2, 0.25) is 0 Å². The van der Waals surface area contributed by atoms with Crippen molar-refractivity contribution < 1.29 is 23.9 Å². The van der Waals surface area contributed by atoms with Gasteiger partial charge in [0.05, 0.1) is 6.07 Å². The molecule has 0 bridgehead atoms. The fourth-order valence-corrected chi connectivity index (χ4v) is 4.34. The van der Waals surface area contributed by atoms with Crippen molar-refractivity contribution in [3.63, 3.8) is 0 Å². The molecule has 152 valence electrons. The van der Waals surface area contributed by atoms with Gasteiger partial charge in [0.15, 0.2) is 6.61 Å². The van der Waals surface area contributed by atoms with Crippen molar-refractivity contribution in [1.82, 2.24) is 15.5 Å². The number of nitrogens with one attached hydrogen (secondary N) is 2. The number of imide groups is 1. The maximum Gasteiger partial charge on any atom is 0.325 e. The van der Waals surface area contributed by atoms with E-state index in [0.29, 0.717) is 25.7 Å². The van der Waals surface area contributed by atoms with E-state index in [2.05, 4.69) is 16.7 Å². The summed E-state index contributed by atoms with van der Waals surface area (Å²) >= 11 is 0. The van der Waals surface area contributed by atoms with Gasteiger partial charge in [0.1, 0.15) is 11.1 Å². The zero-order valence-electron chi connectivity index (χ0n) is 15.9. The van der Waals surface area contributed by atoms with E-state index in [-0.39, 0.29) is 25.3 Å². The molecule has 3 rings (SSSR count). The van der Waals surface area contributed by atoms with Crippen molar-refractivity contribution in [1.29, 1.82) is 5.26 Å². The molecule has 3 aliphatic rings. The van der Waals surface area contributed by atoms with Gasteiger partial charge in [-0.1, -0.05) is 12.8 Å². The summed E-state index contributed by atoms with van der Waals surface area (Å²) in [5.41, 5.74) is -1.59. The highest BCUT2D eigenvalue weighted by atomic mass is 16.5. The summed E-state index contributed by atoms with van der Waals surface area (Å²) < 4.78 is 4.95. The highest BCUT2D eigenvalue weighted by Crippen LogP contribution is 2.35. The van der Waals surface area contributed by atoms with Crippen molar-refractivity contribution in [3.05, 3.63) is 0 Å². The third kappa shape index (κ3) is 4.11. The van der Waals surface area contributed by atoms with Crippen molar-refractivity contribution in [3.8, 4) is 6.07 Å². The molecule has 2 saturated carbocycles. The second kappa shape index (κ2) is 8.17. The first-order valence-corrected chi connectivity index (χ1v) is 9.92. The molecule has 2 aliphatic carbocycles. The smallest absolute Gasteiger partial charge is 0.325 e. The molecule has 28 heavy (non-hydrogen) atoms. The van der Waals surface area contributed by atoms with Gasteiger partial charge in [-0.3, -0.25) is 19.3 Å². The SMILES string of the molecule is N#CC1(NC(=O)COC(=O)CCCN2C(=O)NC3(CCCC3)C2=O)CCCC1. The summed E-state index contributed by atoms with van der Waals surface area (Å²) in [6.07, 6.45) is 6.43.